The van der Waals surface area contributed by atoms with Crippen molar-refractivity contribution in [3.8, 4) is 0 Å². The first-order chi connectivity index (χ1) is 5.15. The highest BCUT2D eigenvalue weighted by atomic mass is 31.1. The summed E-state index contributed by atoms with van der Waals surface area (Å²) in [7, 11) is 2.53. The Kier molecular flexibility index (Phi) is 7.02. The van der Waals surface area contributed by atoms with Gasteiger partial charge < -0.3 is 14.4 Å². The molecule has 0 saturated carbocycles. The highest BCUT2D eigenvalue weighted by Gasteiger charge is 2.04. The van der Waals surface area contributed by atoms with Gasteiger partial charge in [0, 0.05) is 4.57 Å². The van der Waals surface area contributed by atoms with Crippen molar-refractivity contribution in [1.29, 1.82) is 0 Å². The third-order valence-corrected chi connectivity index (χ3v) is 0.603. The van der Waals surface area contributed by atoms with Crippen LogP contribution in [-0.4, -0.2) is 47.9 Å². The second-order valence-electron chi connectivity index (χ2n) is 3.07. The monoisotopic (exact) mass is 198 g/mol. The van der Waals surface area contributed by atoms with Crippen LogP contribution in [0.25, 0.3) is 0 Å². The van der Waals surface area contributed by atoms with Crippen LogP contribution in [0.5, 0.6) is 0 Å². The van der Waals surface area contributed by atoms with E-state index in [1.807, 2.05) is 0 Å². The average molecular weight is 198 g/mol. The van der Waals surface area contributed by atoms with Crippen molar-refractivity contribution >= 4 is 14.2 Å². The lowest BCUT2D eigenvalue weighted by atomic mass is 10.5. The largest absolute Gasteiger partial charge is 0.692 e. The smallest absolute Gasteiger partial charge is 0.544 e. The number of nitrogens with zero attached hydrogens (tertiary/aromatic N) is 1. The lowest BCUT2D eigenvalue weighted by Gasteiger charge is -2.23. The molecule has 0 fully saturated rings. The number of hydrogen-bond donors (Lipinski definition) is 2. The van der Waals surface area contributed by atoms with Crippen LogP contribution in [0.15, 0.2) is 0 Å². The normalized spacial score (nSPS) is 9.75. The number of quaternary nitrogens is 1. The first-order valence-electron chi connectivity index (χ1n) is 3.00. The summed E-state index contributed by atoms with van der Waals surface area (Å²) >= 11 is 0. The molecule has 0 bridgehead atoms. The van der Waals surface area contributed by atoms with Crippen molar-refractivity contribution in [2.24, 2.45) is 0 Å². The molecule has 2 N–H and O–H groups in total. The second-order valence-corrected chi connectivity index (χ2v) is 3.58. The predicted octanol–water partition coefficient (Wildman–Crippen LogP) is -1.93. The summed E-state index contributed by atoms with van der Waals surface area (Å²) < 4.78 is 9.12. The summed E-state index contributed by atoms with van der Waals surface area (Å²) in [6.45, 7) is 0.0694. The van der Waals surface area contributed by atoms with Gasteiger partial charge in [0.2, 0.25) is 0 Å². The molecule has 0 aromatic rings. The van der Waals surface area contributed by atoms with E-state index in [0.29, 0.717) is 4.48 Å². The Morgan fingerprint density at radius 3 is 1.67 bits per heavy atom. The quantitative estimate of drug-likeness (QED) is 0.398. The van der Waals surface area contributed by atoms with Crippen molar-refractivity contribution in [3.63, 3.8) is 0 Å². The lowest BCUT2D eigenvalue weighted by molar-refractivity contribution is -0.864. The summed E-state index contributed by atoms with van der Waals surface area (Å²) in [6.07, 6.45) is 0. The molecule has 0 radical (unpaired) electrons. The molecule has 0 unspecified atom stereocenters. The minimum Gasteiger partial charge on any atom is -0.544 e. The Balaban J connectivity index is 0. The van der Waals surface area contributed by atoms with Crippen LogP contribution in [0, 0.1) is 0 Å². The van der Waals surface area contributed by atoms with Crippen molar-refractivity contribution in [2.75, 3.05) is 27.7 Å². The predicted molar refractivity (Wildman–Crippen MR) is 40.0 cm³/mol. The third-order valence-electron chi connectivity index (χ3n) is 0.603. The number of carboxylic acid groups (broad SMARTS) is 1. The van der Waals surface area contributed by atoms with Crippen LogP contribution < -0.4 is 5.11 Å². The number of rotatable bonds is 2. The summed E-state index contributed by atoms with van der Waals surface area (Å²) in [5.74, 6) is -1.00. The molecule has 0 aliphatic heterocycles. The molecule has 0 saturated heterocycles. The molecule has 0 aromatic heterocycles. The maximum Gasteiger partial charge on any atom is 0.692 e. The topological polar surface area (TPSA) is 97.7 Å². The van der Waals surface area contributed by atoms with Crippen LogP contribution in [-0.2, 0) is 9.36 Å². The Morgan fingerprint density at radius 1 is 1.42 bits per heavy atom. The third kappa shape index (κ3) is 34.1. The number of likely N-dealkylation sites (N-methyl/N-ethyl adjacent to an activating group) is 1. The van der Waals surface area contributed by atoms with Gasteiger partial charge in [0.1, 0.15) is 6.54 Å². The number of carbonyl (C=O) groups is 1. The van der Waals surface area contributed by atoms with Crippen LogP contribution >= 0.6 is 8.25 Å². The van der Waals surface area contributed by atoms with E-state index in [9.17, 15) is 9.90 Å². The first kappa shape index (κ1) is 14.0. The van der Waals surface area contributed by atoms with E-state index in [4.69, 9.17) is 14.4 Å². The van der Waals surface area contributed by atoms with Gasteiger partial charge in [0.25, 0.3) is 0 Å². The van der Waals surface area contributed by atoms with E-state index in [1.54, 1.807) is 21.1 Å². The number of hydrogen-bond acceptors (Lipinski definition) is 3. The van der Waals surface area contributed by atoms with Crippen molar-refractivity contribution in [2.45, 2.75) is 0 Å². The van der Waals surface area contributed by atoms with Gasteiger partial charge in [-0.25, -0.2) is 0 Å². The fourth-order valence-electron chi connectivity index (χ4n) is 0.387. The minimum absolute atomic E-state index is 0.0694. The Hall–Kier alpha value is -0.550. The van der Waals surface area contributed by atoms with Gasteiger partial charge in [-0.05, 0) is 0 Å². The molecule has 0 atom stereocenters. The highest BCUT2D eigenvalue weighted by Crippen LogP contribution is 1.98. The molecule has 0 aliphatic carbocycles. The van der Waals surface area contributed by atoms with Gasteiger partial charge in [-0.1, -0.05) is 0 Å². The van der Waals surface area contributed by atoms with Gasteiger partial charge in [0.15, 0.2) is 0 Å². The fraction of sp³-hybridized carbons (Fsp3) is 0.800. The van der Waals surface area contributed by atoms with Crippen LogP contribution in [0.2, 0.25) is 0 Å². The standard InChI is InChI=1S/C5H11NO2.HO3P/c1-6(2,3)4-5(7)8;1-4(2)3/h4H2,1-3H3;(H-,1,2,3)/p+1. The Labute approximate surface area is 71.6 Å². The van der Waals surface area contributed by atoms with Crippen LogP contribution in [0.4, 0.5) is 0 Å². The van der Waals surface area contributed by atoms with E-state index in [1.165, 1.54) is 0 Å². The fourth-order valence-corrected chi connectivity index (χ4v) is 0.387. The van der Waals surface area contributed by atoms with E-state index < -0.39 is 14.2 Å². The Morgan fingerprint density at radius 2 is 1.67 bits per heavy atom. The minimum atomic E-state index is -2.87. The van der Waals surface area contributed by atoms with Crippen molar-refractivity contribution < 1.29 is 28.7 Å². The summed E-state index contributed by atoms with van der Waals surface area (Å²) in [5, 5.41) is 9.89. The van der Waals surface area contributed by atoms with Gasteiger partial charge in [-0.2, -0.15) is 0 Å². The molecule has 0 aliphatic rings. The van der Waals surface area contributed by atoms with E-state index in [-0.39, 0.29) is 6.54 Å². The molecule has 0 heterocycles. The zero-order valence-electron chi connectivity index (χ0n) is 7.22. The number of carboxylic acids is 1. The molecule has 7 heteroatoms. The molecule has 0 spiro atoms. The molecule has 0 rings (SSSR count). The molecule has 0 aromatic carbocycles. The number of carbonyl (C=O) groups excluding carboxylic acids is 1. The zero-order valence-corrected chi connectivity index (χ0v) is 8.12. The molecular formula is C5H13NO5P+. The summed E-state index contributed by atoms with van der Waals surface area (Å²) in [6, 6.07) is 0. The van der Waals surface area contributed by atoms with Crippen LogP contribution in [0.1, 0.15) is 0 Å². The van der Waals surface area contributed by atoms with Crippen molar-refractivity contribution in [3.05, 3.63) is 0 Å². The molecule has 72 valence electrons. The highest BCUT2D eigenvalue weighted by molar-refractivity contribution is 7.30. The van der Waals surface area contributed by atoms with Gasteiger partial charge >= 0.3 is 8.25 Å². The molecular weight excluding hydrogens is 185 g/mol. The van der Waals surface area contributed by atoms with Gasteiger partial charge in [-0.15, -0.1) is 9.79 Å². The van der Waals surface area contributed by atoms with E-state index in [0.717, 1.165) is 0 Å². The van der Waals surface area contributed by atoms with Gasteiger partial charge in [0.05, 0.1) is 27.1 Å². The summed E-state index contributed by atoms with van der Waals surface area (Å²) in [5.41, 5.74) is 0. The maximum atomic E-state index is 9.89. The maximum absolute atomic E-state index is 9.89. The lowest BCUT2D eigenvalue weighted by Crippen LogP contribution is -2.45. The van der Waals surface area contributed by atoms with Crippen LogP contribution in [0.3, 0.4) is 0 Å². The first-order valence-corrected chi connectivity index (χ1v) is 4.17. The zero-order chi connectivity index (χ0) is 10.4. The summed E-state index contributed by atoms with van der Waals surface area (Å²) in [4.78, 5) is 24.1. The molecule has 12 heavy (non-hydrogen) atoms. The van der Waals surface area contributed by atoms with E-state index >= 15 is 0 Å². The average Bonchev–Trinajstić information content (AvgIpc) is 1.52. The number of aliphatic carboxylic acids is 1. The second kappa shape index (κ2) is 6.02. The Bertz CT molecular complexity index is 160. The van der Waals surface area contributed by atoms with E-state index in [2.05, 4.69) is 0 Å². The molecule has 0 amide bonds. The van der Waals surface area contributed by atoms with Gasteiger partial charge in [-0.3, -0.25) is 0 Å². The van der Waals surface area contributed by atoms with Crippen molar-refractivity contribution in [1.82, 2.24) is 0 Å². The SMILES string of the molecule is C[N+](C)(C)CC(=O)[O-].O=[P+](O)O. The molecule has 6 nitrogen and oxygen atoms in total.